The molecule has 6 nitrogen and oxygen atoms in total. The number of rotatable bonds is 3. The zero-order valence-electron chi connectivity index (χ0n) is 10.6. The first-order valence-corrected chi connectivity index (χ1v) is 5.92. The van der Waals surface area contributed by atoms with Crippen LogP contribution in [-0.4, -0.2) is 24.3 Å². The number of pyridine rings is 1. The number of imidazole rings is 1. The van der Waals surface area contributed by atoms with E-state index in [1.807, 2.05) is 37.8 Å². The number of nitrogens with zero attached hydrogens (tertiary/aromatic N) is 5. The van der Waals surface area contributed by atoms with Gasteiger partial charge in [-0.2, -0.15) is 5.10 Å². The molecule has 2 N–H and O–H groups in total. The Balaban J connectivity index is 1.94. The van der Waals surface area contributed by atoms with Crippen LogP contribution in [-0.2, 0) is 13.6 Å². The lowest BCUT2D eigenvalue weighted by Gasteiger charge is -2.07. The van der Waals surface area contributed by atoms with E-state index < -0.39 is 0 Å². The fourth-order valence-corrected chi connectivity index (χ4v) is 2.05. The van der Waals surface area contributed by atoms with Gasteiger partial charge in [0.25, 0.3) is 0 Å². The Bertz CT molecular complexity index is 696. The van der Waals surface area contributed by atoms with E-state index >= 15 is 0 Å². The Hall–Kier alpha value is -2.63. The van der Waals surface area contributed by atoms with Gasteiger partial charge in [-0.15, -0.1) is 0 Å². The highest BCUT2D eigenvalue weighted by Gasteiger charge is 2.07. The second-order valence-electron chi connectivity index (χ2n) is 4.40. The van der Waals surface area contributed by atoms with Gasteiger partial charge >= 0.3 is 0 Å². The standard InChI is InChI=1S/C13H14N6/c1-18-7-10(5-17-18)8-19-9-15-6-12(19)11-2-3-16-13(14)4-11/h2-7,9H,8H2,1H3,(H2,14,16). The van der Waals surface area contributed by atoms with E-state index in [9.17, 15) is 0 Å². The van der Waals surface area contributed by atoms with Gasteiger partial charge in [-0.1, -0.05) is 0 Å². The highest BCUT2D eigenvalue weighted by Crippen LogP contribution is 2.20. The molecule has 0 aliphatic rings. The van der Waals surface area contributed by atoms with Crippen LogP contribution < -0.4 is 5.73 Å². The van der Waals surface area contributed by atoms with E-state index in [-0.39, 0.29) is 0 Å². The minimum Gasteiger partial charge on any atom is -0.384 e. The Labute approximate surface area is 110 Å². The van der Waals surface area contributed by atoms with Crippen molar-refractivity contribution in [3.63, 3.8) is 0 Å². The summed E-state index contributed by atoms with van der Waals surface area (Å²) in [6, 6.07) is 3.77. The molecule has 0 aliphatic heterocycles. The minimum absolute atomic E-state index is 0.506. The molecule has 3 aromatic heterocycles. The van der Waals surface area contributed by atoms with Crippen LogP contribution in [0.25, 0.3) is 11.3 Å². The lowest BCUT2D eigenvalue weighted by Crippen LogP contribution is -2.00. The van der Waals surface area contributed by atoms with E-state index in [0.717, 1.165) is 23.4 Å². The van der Waals surface area contributed by atoms with Crippen LogP contribution in [0, 0.1) is 0 Å². The van der Waals surface area contributed by atoms with Crippen LogP contribution in [0.3, 0.4) is 0 Å². The van der Waals surface area contributed by atoms with Crippen molar-refractivity contribution in [2.45, 2.75) is 6.54 Å². The van der Waals surface area contributed by atoms with Gasteiger partial charge in [0.05, 0.1) is 31.0 Å². The van der Waals surface area contributed by atoms with Crippen LogP contribution in [0.15, 0.2) is 43.2 Å². The number of aromatic nitrogens is 5. The molecule has 6 heteroatoms. The van der Waals surface area contributed by atoms with E-state index in [1.165, 1.54) is 0 Å². The number of hydrogen-bond donors (Lipinski definition) is 1. The summed E-state index contributed by atoms with van der Waals surface area (Å²) in [7, 11) is 1.90. The molecule has 0 fully saturated rings. The lowest BCUT2D eigenvalue weighted by molar-refractivity contribution is 0.763. The normalized spacial score (nSPS) is 10.8. The van der Waals surface area contributed by atoms with Crippen LogP contribution in [0.4, 0.5) is 5.82 Å². The third-order valence-electron chi connectivity index (χ3n) is 2.90. The molecule has 0 aliphatic carbocycles. The van der Waals surface area contributed by atoms with Crippen molar-refractivity contribution in [2.75, 3.05) is 5.73 Å². The molecule has 0 unspecified atom stereocenters. The molecule has 0 amide bonds. The highest BCUT2D eigenvalue weighted by atomic mass is 15.2. The number of aryl methyl sites for hydroxylation is 1. The maximum atomic E-state index is 5.72. The molecule has 96 valence electrons. The summed E-state index contributed by atoms with van der Waals surface area (Å²) in [5.74, 6) is 0.506. The Morgan fingerprint density at radius 1 is 1.32 bits per heavy atom. The zero-order chi connectivity index (χ0) is 13.2. The molecule has 3 rings (SSSR count). The average Bonchev–Trinajstić information content (AvgIpc) is 2.99. The van der Waals surface area contributed by atoms with Crippen molar-refractivity contribution in [2.24, 2.45) is 7.05 Å². The second-order valence-corrected chi connectivity index (χ2v) is 4.40. The molecule has 0 spiro atoms. The number of anilines is 1. The zero-order valence-corrected chi connectivity index (χ0v) is 10.6. The van der Waals surface area contributed by atoms with Crippen molar-refractivity contribution in [3.05, 3.63) is 48.8 Å². The molecule has 0 aromatic carbocycles. The van der Waals surface area contributed by atoms with E-state index in [4.69, 9.17) is 5.73 Å². The highest BCUT2D eigenvalue weighted by molar-refractivity contribution is 5.61. The van der Waals surface area contributed by atoms with Gasteiger partial charge in [-0.25, -0.2) is 9.97 Å². The van der Waals surface area contributed by atoms with Gasteiger partial charge in [-0.3, -0.25) is 4.68 Å². The summed E-state index contributed by atoms with van der Waals surface area (Å²) in [6.07, 6.45) is 9.17. The molecule has 3 aromatic rings. The van der Waals surface area contributed by atoms with Gasteiger partial charge in [0.2, 0.25) is 0 Å². The quantitative estimate of drug-likeness (QED) is 0.764. The van der Waals surface area contributed by atoms with Gasteiger partial charge in [0.1, 0.15) is 5.82 Å². The predicted octanol–water partition coefficient (Wildman–Crippen LogP) is 1.31. The Kier molecular flexibility index (Phi) is 2.75. The monoisotopic (exact) mass is 254 g/mol. The molecule has 0 saturated carbocycles. The average molecular weight is 254 g/mol. The van der Waals surface area contributed by atoms with Crippen LogP contribution >= 0.6 is 0 Å². The van der Waals surface area contributed by atoms with Crippen LogP contribution in [0.2, 0.25) is 0 Å². The first-order chi connectivity index (χ1) is 9.22. The summed E-state index contributed by atoms with van der Waals surface area (Å²) in [4.78, 5) is 8.21. The summed E-state index contributed by atoms with van der Waals surface area (Å²) in [5.41, 5.74) is 8.87. The minimum atomic E-state index is 0.506. The summed E-state index contributed by atoms with van der Waals surface area (Å²) >= 11 is 0. The van der Waals surface area contributed by atoms with Crippen molar-refractivity contribution in [3.8, 4) is 11.3 Å². The lowest BCUT2D eigenvalue weighted by atomic mass is 10.2. The van der Waals surface area contributed by atoms with Gasteiger partial charge in [0.15, 0.2) is 0 Å². The Morgan fingerprint density at radius 2 is 2.21 bits per heavy atom. The van der Waals surface area contributed by atoms with Gasteiger partial charge in [-0.05, 0) is 12.1 Å². The fraction of sp³-hybridized carbons (Fsp3) is 0.154. The topological polar surface area (TPSA) is 74.5 Å². The van der Waals surface area contributed by atoms with Crippen molar-refractivity contribution >= 4 is 5.82 Å². The molecule has 0 saturated heterocycles. The smallest absolute Gasteiger partial charge is 0.123 e. The first kappa shape index (κ1) is 11.5. The summed E-state index contributed by atoms with van der Waals surface area (Å²) in [6.45, 7) is 0.728. The van der Waals surface area contributed by atoms with E-state index in [1.54, 1.807) is 17.2 Å². The Morgan fingerprint density at radius 3 is 2.95 bits per heavy atom. The fourth-order valence-electron chi connectivity index (χ4n) is 2.05. The summed E-state index contributed by atoms with van der Waals surface area (Å²) in [5, 5.41) is 4.17. The molecule has 19 heavy (non-hydrogen) atoms. The van der Waals surface area contributed by atoms with Gasteiger partial charge in [0, 0.05) is 30.6 Å². The van der Waals surface area contributed by atoms with Crippen LogP contribution in [0.5, 0.6) is 0 Å². The van der Waals surface area contributed by atoms with E-state index in [2.05, 4.69) is 19.6 Å². The molecule has 0 radical (unpaired) electrons. The van der Waals surface area contributed by atoms with Crippen molar-refractivity contribution in [1.29, 1.82) is 0 Å². The predicted molar refractivity (Wildman–Crippen MR) is 72.2 cm³/mol. The van der Waals surface area contributed by atoms with Crippen LogP contribution in [0.1, 0.15) is 5.56 Å². The van der Waals surface area contributed by atoms with Gasteiger partial charge < -0.3 is 10.3 Å². The first-order valence-electron chi connectivity index (χ1n) is 5.92. The largest absolute Gasteiger partial charge is 0.384 e. The SMILES string of the molecule is Cn1cc(Cn2cncc2-c2ccnc(N)c2)cn1. The number of nitrogens with two attached hydrogens (primary N) is 1. The molecule has 0 bridgehead atoms. The van der Waals surface area contributed by atoms with E-state index in [0.29, 0.717) is 5.82 Å². The third kappa shape index (κ3) is 2.33. The van der Waals surface area contributed by atoms with Crippen molar-refractivity contribution < 1.29 is 0 Å². The van der Waals surface area contributed by atoms with Crippen molar-refractivity contribution in [1.82, 2.24) is 24.3 Å². The third-order valence-corrected chi connectivity index (χ3v) is 2.90. The number of nitrogen functional groups attached to an aromatic ring is 1. The maximum absolute atomic E-state index is 5.72. The number of hydrogen-bond acceptors (Lipinski definition) is 4. The molecule has 0 atom stereocenters. The molecular weight excluding hydrogens is 240 g/mol. The molecular formula is C13H14N6. The summed E-state index contributed by atoms with van der Waals surface area (Å²) < 4.78 is 3.85. The molecule has 3 heterocycles. The maximum Gasteiger partial charge on any atom is 0.123 e. The second kappa shape index (κ2) is 4.56.